The number of hydrogen-bond acceptors (Lipinski definition) is 3. The van der Waals surface area contributed by atoms with Crippen molar-refractivity contribution in [2.24, 2.45) is 0 Å². The molecule has 104 valence electrons. The Bertz CT molecular complexity index is 791. The molecule has 1 amide bonds. The van der Waals surface area contributed by atoms with E-state index in [0.717, 1.165) is 28.1 Å². The zero-order valence-electron chi connectivity index (χ0n) is 11.3. The summed E-state index contributed by atoms with van der Waals surface area (Å²) >= 11 is 0. The number of H-pyrrole nitrogens is 1. The molecule has 0 spiro atoms. The number of carbonyl (C=O) groups excluding carboxylic acids is 1. The summed E-state index contributed by atoms with van der Waals surface area (Å²) in [7, 11) is 0. The number of anilines is 1. The maximum atomic E-state index is 12.0. The van der Waals surface area contributed by atoms with Crippen LogP contribution >= 0.6 is 0 Å². The van der Waals surface area contributed by atoms with Crippen LogP contribution in [0, 0.1) is 0 Å². The third kappa shape index (κ3) is 2.08. The molecule has 0 saturated heterocycles. The fraction of sp³-hybridized carbons (Fsp3) is 0.125. The van der Waals surface area contributed by atoms with Gasteiger partial charge in [-0.2, -0.15) is 0 Å². The molecule has 0 saturated carbocycles. The Balaban J connectivity index is 1.55. The Kier molecular flexibility index (Phi) is 2.72. The van der Waals surface area contributed by atoms with Crippen LogP contribution in [0.1, 0.15) is 17.4 Å². The lowest BCUT2D eigenvalue weighted by molar-refractivity contribution is -0.117. The van der Waals surface area contributed by atoms with Crippen LogP contribution in [-0.4, -0.2) is 15.9 Å². The number of nitrogens with zero attached hydrogens (tertiary/aromatic N) is 1. The van der Waals surface area contributed by atoms with E-state index in [1.165, 1.54) is 0 Å². The summed E-state index contributed by atoms with van der Waals surface area (Å²) in [4.78, 5) is 19.8. The van der Waals surface area contributed by atoms with Crippen LogP contribution in [0.4, 0.5) is 5.69 Å². The molecule has 2 heterocycles. The first-order valence-corrected chi connectivity index (χ1v) is 6.88. The molecule has 2 aromatic carbocycles. The third-order valence-electron chi connectivity index (χ3n) is 3.70. The summed E-state index contributed by atoms with van der Waals surface area (Å²) in [6.07, 6.45) is 0. The van der Waals surface area contributed by atoms with Gasteiger partial charge in [0, 0.05) is 11.3 Å². The highest BCUT2D eigenvalue weighted by Gasteiger charge is 2.29. The number of fused-ring (bicyclic) bond motifs is 2. The summed E-state index contributed by atoms with van der Waals surface area (Å²) in [6.45, 7) is 0.515. The summed E-state index contributed by atoms with van der Waals surface area (Å²) in [5.41, 5.74) is 3.80. The lowest BCUT2D eigenvalue weighted by atomic mass is 10.1. The summed E-state index contributed by atoms with van der Waals surface area (Å²) < 4.78 is 0. The fourth-order valence-electron chi connectivity index (χ4n) is 2.70. The standard InChI is InChI=1S/C16H14N4O/c21-16-15(10-5-1-2-6-11(10)20-16)17-9-14-18-12-7-3-4-8-13(12)19-14/h1-8,15,17H,9H2,(H,18,19)(H,20,21). The highest BCUT2D eigenvalue weighted by Crippen LogP contribution is 2.30. The summed E-state index contributed by atoms with van der Waals surface area (Å²) in [5, 5.41) is 6.14. The molecule has 1 aromatic heterocycles. The van der Waals surface area contributed by atoms with Gasteiger partial charge in [-0.1, -0.05) is 30.3 Å². The van der Waals surface area contributed by atoms with E-state index < -0.39 is 0 Å². The molecule has 21 heavy (non-hydrogen) atoms. The average molecular weight is 278 g/mol. The molecule has 1 aliphatic heterocycles. The molecule has 1 unspecified atom stereocenters. The molecule has 0 aliphatic carbocycles. The van der Waals surface area contributed by atoms with Crippen LogP contribution in [0.15, 0.2) is 48.5 Å². The van der Waals surface area contributed by atoms with Crippen molar-refractivity contribution in [1.29, 1.82) is 0 Å². The molecule has 3 aromatic rings. The number of para-hydroxylation sites is 3. The van der Waals surface area contributed by atoms with E-state index in [9.17, 15) is 4.79 Å². The minimum absolute atomic E-state index is 0.0210. The van der Waals surface area contributed by atoms with Crippen molar-refractivity contribution in [3.8, 4) is 0 Å². The van der Waals surface area contributed by atoms with E-state index in [-0.39, 0.29) is 11.9 Å². The molecular weight excluding hydrogens is 264 g/mol. The highest BCUT2D eigenvalue weighted by atomic mass is 16.2. The van der Waals surface area contributed by atoms with Crippen molar-refractivity contribution >= 4 is 22.6 Å². The number of aromatic amines is 1. The van der Waals surface area contributed by atoms with Gasteiger partial charge in [-0.15, -0.1) is 0 Å². The predicted octanol–water partition coefficient (Wildman–Crippen LogP) is 2.35. The lowest BCUT2D eigenvalue weighted by Crippen LogP contribution is -2.27. The maximum Gasteiger partial charge on any atom is 0.246 e. The van der Waals surface area contributed by atoms with Gasteiger partial charge in [-0.3, -0.25) is 10.1 Å². The van der Waals surface area contributed by atoms with Gasteiger partial charge < -0.3 is 10.3 Å². The fourth-order valence-corrected chi connectivity index (χ4v) is 2.70. The second-order valence-corrected chi connectivity index (χ2v) is 5.09. The van der Waals surface area contributed by atoms with Gasteiger partial charge in [-0.05, 0) is 18.2 Å². The van der Waals surface area contributed by atoms with Crippen molar-refractivity contribution in [2.45, 2.75) is 12.6 Å². The van der Waals surface area contributed by atoms with Gasteiger partial charge in [0.15, 0.2) is 0 Å². The van der Waals surface area contributed by atoms with Crippen molar-refractivity contribution < 1.29 is 4.79 Å². The van der Waals surface area contributed by atoms with Crippen molar-refractivity contribution in [1.82, 2.24) is 15.3 Å². The van der Waals surface area contributed by atoms with E-state index in [1.54, 1.807) is 0 Å². The topological polar surface area (TPSA) is 69.8 Å². The Morgan fingerprint density at radius 3 is 2.81 bits per heavy atom. The number of rotatable bonds is 3. The normalized spacial score (nSPS) is 17.0. The molecule has 0 radical (unpaired) electrons. The number of hydrogen-bond donors (Lipinski definition) is 3. The second-order valence-electron chi connectivity index (χ2n) is 5.09. The van der Waals surface area contributed by atoms with Gasteiger partial charge in [0.25, 0.3) is 0 Å². The Morgan fingerprint density at radius 1 is 1.10 bits per heavy atom. The van der Waals surface area contributed by atoms with E-state index in [2.05, 4.69) is 20.6 Å². The number of aromatic nitrogens is 2. The smallest absolute Gasteiger partial charge is 0.246 e. The van der Waals surface area contributed by atoms with Gasteiger partial charge >= 0.3 is 0 Å². The van der Waals surface area contributed by atoms with Crippen molar-refractivity contribution in [3.05, 3.63) is 59.9 Å². The summed E-state index contributed by atoms with van der Waals surface area (Å²) in [6, 6.07) is 15.3. The molecule has 1 atom stereocenters. The van der Waals surface area contributed by atoms with Crippen molar-refractivity contribution in [2.75, 3.05) is 5.32 Å². The predicted molar refractivity (Wildman–Crippen MR) is 80.7 cm³/mol. The Morgan fingerprint density at radius 2 is 1.90 bits per heavy atom. The van der Waals surface area contributed by atoms with E-state index in [0.29, 0.717) is 6.54 Å². The van der Waals surface area contributed by atoms with E-state index in [4.69, 9.17) is 0 Å². The molecular formula is C16H14N4O. The summed E-state index contributed by atoms with van der Waals surface area (Å²) in [5.74, 6) is 0.806. The zero-order chi connectivity index (χ0) is 14.2. The highest BCUT2D eigenvalue weighted by molar-refractivity contribution is 6.02. The monoisotopic (exact) mass is 278 g/mol. The zero-order valence-corrected chi connectivity index (χ0v) is 11.3. The number of imidazole rings is 1. The van der Waals surface area contributed by atoms with Crippen LogP contribution in [0.25, 0.3) is 11.0 Å². The number of benzene rings is 2. The molecule has 0 fully saturated rings. The number of amides is 1. The van der Waals surface area contributed by atoms with E-state index in [1.807, 2.05) is 48.5 Å². The maximum absolute atomic E-state index is 12.0. The quantitative estimate of drug-likeness (QED) is 0.688. The average Bonchev–Trinajstić information content (AvgIpc) is 3.04. The second kappa shape index (κ2) is 4.71. The van der Waals surface area contributed by atoms with E-state index >= 15 is 0 Å². The first-order chi connectivity index (χ1) is 10.3. The molecule has 3 N–H and O–H groups in total. The lowest BCUT2D eigenvalue weighted by Gasteiger charge is -2.09. The van der Waals surface area contributed by atoms with Crippen LogP contribution in [0.3, 0.4) is 0 Å². The molecule has 0 bridgehead atoms. The Labute approximate surface area is 121 Å². The van der Waals surface area contributed by atoms with Gasteiger partial charge in [-0.25, -0.2) is 4.98 Å². The minimum Gasteiger partial charge on any atom is -0.341 e. The van der Waals surface area contributed by atoms with Crippen LogP contribution in [-0.2, 0) is 11.3 Å². The SMILES string of the molecule is O=C1Nc2ccccc2C1NCc1nc2ccccc2[nH]1. The van der Waals surface area contributed by atoms with Gasteiger partial charge in [0.1, 0.15) is 11.9 Å². The van der Waals surface area contributed by atoms with Crippen molar-refractivity contribution in [3.63, 3.8) is 0 Å². The molecule has 5 nitrogen and oxygen atoms in total. The minimum atomic E-state index is -0.325. The molecule has 5 heteroatoms. The van der Waals surface area contributed by atoms with Crippen LogP contribution in [0.5, 0.6) is 0 Å². The molecule has 4 rings (SSSR count). The first-order valence-electron chi connectivity index (χ1n) is 6.88. The van der Waals surface area contributed by atoms with Gasteiger partial charge in [0.05, 0.1) is 17.6 Å². The Hall–Kier alpha value is -2.66. The first kappa shape index (κ1) is 12.1. The molecule has 1 aliphatic rings. The third-order valence-corrected chi connectivity index (χ3v) is 3.70. The van der Waals surface area contributed by atoms with Gasteiger partial charge in [0.2, 0.25) is 5.91 Å². The largest absolute Gasteiger partial charge is 0.341 e. The number of nitrogens with one attached hydrogen (secondary N) is 3. The number of carbonyl (C=O) groups is 1. The van der Waals surface area contributed by atoms with Crippen LogP contribution < -0.4 is 10.6 Å². The van der Waals surface area contributed by atoms with Crippen LogP contribution in [0.2, 0.25) is 0 Å².